The SMILES string of the molecule is COC(=O)Cc1ccc(C)cc1OCc1cc(-c2cccc(CN)c2F)c2ccn(C)c2c1. The zero-order chi connectivity index (χ0) is 23.5. The minimum absolute atomic E-state index is 0.130. The van der Waals surface area contributed by atoms with Crippen LogP contribution in [0.5, 0.6) is 5.75 Å². The van der Waals surface area contributed by atoms with Crippen molar-refractivity contribution in [1.29, 1.82) is 0 Å². The van der Waals surface area contributed by atoms with Crippen molar-refractivity contribution in [2.75, 3.05) is 7.11 Å². The molecule has 0 spiro atoms. The number of nitrogens with zero attached hydrogens (tertiary/aromatic N) is 1. The summed E-state index contributed by atoms with van der Waals surface area (Å²) in [7, 11) is 3.32. The summed E-state index contributed by atoms with van der Waals surface area (Å²) in [5.74, 6) is -0.000937. The van der Waals surface area contributed by atoms with Crippen LogP contribution in [-0.4, -0.2) is 17.6 Å². The molecule has 0 amide bonds. The standard InChI is InChI=1S/C27H27FN2O3/c1-17-7-8-19(14-26(31)32-3)25(11-17)33-16-18-12-23(21-9-10-30(2)24(21)13-18)22-6-4-5-20(15-29)27(22)28/h4-13H,14-16,29H2,1-3H3. The van der Waals surface area contributed by atoms with E-state index in [2.05, 4.69) is 0 Å². The Morgan fingerprint density at radius 1 is 1.06 bits per heavy atom. The molecule has 0 aliphatic carbocycles. The minimum atomic E-state index is -0.327. The minimum Gasteiger partial charge on any atom is -0.489 e. The second-order valence-corrected chi connectivity index (χ2v) is 8.14. The van der Waals surface area contributed by atoms with Crippen molar-refractivity contribution in [2.24, 2.45) is 12.8 Å². The zero-order valence-electron chi connectivity index (χ0n) is 19.0. The van der Waals surface area contributed by atoms with Gasteiger partial charge in [-0.05, 0) is 47.9 Å². The highest BCUT2D eigenvalue weighted by Crippen LogP contribution is 2.34. The summed E-state index contributed by atoms with van der Waals surface area (Å²) in [4.78, 5) is 11.8. The Morgan fingerprint density at radius 2 is 1.88 bits per heavy atom. The van der Waals surface area contributed by atoms with Gasteiger partial charge >= 0.3 is 5.97 Å². The molecule has 0 atom stereocenters. The van der Waals surface area contributed by atoms with Crippen molar-refractivity contribution >= 4 is 16.9 Å². The van der Waals surface area contributed by atoms with Crippen LogP contribution in [0.2, 0.25) is 0 Å². The van der Waals surface area contributed by atoms with Crippen LogP contribution in [0.4, 0.5) is 4.39 Å². The summed E-state index contributed by atoms with van der Waals surface area (Å²) in [5.41, 5.74) is 11.2. The molecule has 2 N–H and O–H groups in total. The quantitative estimate of drug-likeness (QED) is 0.404. The average Bonchev–Trinajstić information content (AvgIpc) is 3.19. The highest BCUT2D eigenvalue weighted by Gasteiger charge is 2.16. The number of ether oxygens (including phenoxy) is 2. The fourth-order valence-corrected chi connectivity index (χ4v) is 4.01. The number of esters is 1. The predicted octanol–water partition coefficient (Wildman–Crippen LogP) is 5.05. The van der Waals surface area contributed by atoms with Crippen LogP contribution in [0.1, 0.15) is 22.3 Å². The van der Waals surface area contributed by atoms with Crippen molar-refractivity contribution in [3.8, 4) is 16.9 Å². The summed E-state index contributed by atoms with van der Waals surface area (Å²) in [6.07, 6.45) is 2.09. The molecular formula is C27H27FN2O3. The molecule has 33 heavy (non-hydrogen) atoms. The highest BCUT2D eigenvalue weighted by atomic mass is 19.1. The first kappa shape index (κ1) is 22.6. The summed E-state index contributed by atoms with van der Waals surface area (Å²) in [6, 6.07) is 17.0. The summed E-state index contributed by atoms with van der Waals surface area (Å²) < 4.78 is 28.1. The predicted molar refractivity (Wildman–Crippen MR) is 127 cm³/mol. The summed E-state index contributed by atoms with van der Waals surface area (Å²) in [6.45, 7) is 2.37. The monoisotopic (exact) mass is 446 g/mol. The lowest BCUT2D eigenvalue weighted by Crippen LogP contribution is -2.07. The van der Waals surface area contributed by atoms with Gasteiger partial charge in [0.05, 0.1) is 13.5 Å². The topological polar surface area (TPSA) is 66.5 Å². The number of carbonyl (C=O) groups is 1. The number of aryl methyl sites for hydroxylation is 2. The van der Waals surface area contributed by atoms with E-state index in [9.17, 15) is 4.79 Å². The number of hydrogen-bond donors (Lipinski definition) is 1. The molecule has 0 aliphatic rings. The van der Waals surface area contributed by atoms with Gasteiger partial charge in [-0.2, -0.15) is 0 Å². The number of rotatable bonds is 7. The summed E-state index contributed by atoms with van der Waals surface area (Å²) in [5, 5.41) is 0.955. The highest BCUT2D eigenvalue weighted by molar-refractivity contribution is 5.96. The Hall–Kier alpha value is -3.64. The number of hydrogen-bond acceptors (Lipinski definition) is 4. The van der Waals surface area contributed by atoms with Gasteiger partial charge in [0.15, 0.2) is 0 Å². The van der Waals surface area contributed by atoms with E-state index in [1.807, 2.05) is 67.2 Å². The molecule has 4 aromatic rings. The maximum Gasteiger partial charge on any atom is 0.310 e. The Bertz CT molecular complexity index is 1330. The van der Waals surface area contributed by atoms with Crippen LogP contribution in [-0.2, 0) is 36.2 Å². The smallest absolute Gasteiger partial charge is 0.310 e. The number of methoxy groups -OCH3 is 1. The molecule has 0 bridgehead atoms. The van der Waals surface area contributed by atoms with Crippen molar-refractivity contribution in [1.82, 2.24) is 4.57 Å². The number of halogens is 1. The fourth-order valence-electron chi connectivity index (χ4n) is 4.01. The van der Waals surface area contributed by atoms with Crippen molar-refractivity contribution in [3.05, 3.63) is 88.9 Å². The maximum atomic E-state index is 15.2. The summed E-state index contributed by atoms with van der Waals surface area (Å²) >= 11 is 0. The van der Waals surface area contributed by atoms with Crippen molar-refractivity contribution < 1.29 is 18.7 Å². The third kappa shape index (κ3) is 4.61. The lowest BCUT2D eigenvalue weighted by molar-refractivity contribution is -0.139. The number of carbonyl (C=O) groups excluding carboxylic acids is 1. The molecule has 0 saturated heterocycles. The zero-order valence-corrected chi connectivity index (χ0v) is 19.0. The van der Waals surface area contributed by atoms with Crippen molar-refractivity contribution in [2.45, 2.75) is 26.5 Å². The second-order valence-electron chi connectivity index (χ2n) is 8.14. The maximum absolute atomic E-state index is 15.2. The van der Waals surface area contributed by atoms with E-state index in [0.717, 1.165) is 33.2 Å². The number of benzene rings is 3. The first-order valence-electron chi connectivity index (χ1n) is 10.8. The molecule has 4 rings (SSSR count). The van der Waals surface area contributed by atoms with Crippen molar-refractivity contribution in [3.63, 3.8) is 0 Å². The molecular weight excluding hydrogens is 419 g/mol. The average molecular weight is 447 g/mol. The molecule has 0 unspecified atom stereocenters. The number of aromatic nitrogens is 1. The molecule has 0 aliphatic heterocycles. The van der Waals surface area contributed by atoms with Gasteiger partial charge in [0.1, 0.15) is 18.2 Å². The van der Waals surface area contributed by atoms with E-state index in [0.29, 0.717) is 16.9 Å². The van der Waals surface area contributed by atoms with Crippen LogP contribution in [0.3, 0.4) is 0 Å². The van der Waals surface area contributed by atoms with Crippen LogP contribution >= 0.6 is 0 Å². The molecule has 170 valence electrons. The molecule has 0 fully saturated rings. The lowest BCUT2D eigenvalue weighted by Gasteiger charge is -2.15. The van der Waals surface area contributed by atoms with Gasteiger partial charge in [-0.15, -0.1) is 0 Å². The molecule has 1 aromatic heterocycles. The van der Waals surface area contributed by atoms with E-state index < -0.39 is 0 Å². The third-order valence-corrected chi connectivity index (χ3v) is 5.83. The van der Waals surface area contributed by atoms with Gasteiger partial charge in [0, 0.05) is 47.4 Å². The van der Waals surface area contributed by atoms with Gasteiger partial charge in [0.25, 0.3) is 0 Å². The Balaban J connectivity index is 1.73. The molecule has 1 heterocycles. The van der Waals surface area contributed by atoms with E-state index in [4.69, 9.17) is 15.2 Å². The third-order valence-electron chi connectivity index (χ3n) is 5.83. The lowest BCUT2D eigenvalue weighted by atomic mass is 9.97. The molecule has 0 saturated carbocycles. The van der Waals surface area contributed by atoms with E-state index >= 15 is 4.39 Å². The van der Waals surface area contributed by atoms with Gasteiger partial charge < -0.3 is 19.8 Å². The fraction of sp³-hybridized carbons (Fsp3) is 0.222. The van der Waals surface area contributed by atoms with Gasteiger partial charge in [-0.25, -0.2) is 4.39 Å². The first-order valence-corrected chi connectivity index (χ1v) is 10.8. The molecule has 0 radical (unpaired) electrons. The molecule has 3 aromatic carbocycles. The largest absolute Gasteiger partial charge is 0.489 e. The normalized spacial score (nSPS) is 11.1. The number of nitrogens with two attached hydrogens (primary N) is 1. The van der Waals surface area contributed by atoms with E-state index in [1.165, 1.54) is 7.11 Å². The van der Waals surface area contributed by atoms with E-state index in [1.54, 1.807) is 12.1 Å². The Morgan fingerprint density at radius 3 is 2.64 bits per heavy atom. The second kappa shape index (κ2) is 9.46. The molecule has 5 nitrogen and oxygen atoms in total. The van der Waals surface area contributed by atoms with Crippen LogP contribution in [0.15, 0.2) is 60.8 Å². The van der Waals surface area contributed by atoms with Gasteiger partial charge in [-0.3, -0.25) is 4.79 Å². The van der Waals surface area contributed by atoms with E-state index in [-0.39, 0.29) is 31.4 Å². The van der Waals surface area contributed by atoms with Crippen LogP contribution in [0.25, 0.3) is 22.0 Å². The van der Waals surface area contributed by atoms with Crippen LogP contribution in [0, 0.1) is 12.7 Å². The Kier molecular flexibility index (Phi) is 6.47. The van der Waals surface area contributed by atoms with Crippen LogP contribution < -0.4 is 10.5 Å². The first-order chi connectivity index (χ1) is 15.9. The number of fused-ring (bicyclic) bond motifs is 1. The van der Waals surface area contributed by atoms with Gasteiger partial charge in [0.2, 0.25) is 0 Å². The Labute approximate surface area is 192 Å². The molecule has 6 heteroatoms. The van der Waals surface area contributed by atoms with Gasteiger partial charge in [-0.1, -0.05) is 30.3 Å².